The zero-order valence-electron chi connectivity index (χ0n) is 18.4. The van der Waals surface area contributed by atoms with E-state index in [0.29, 0.717) is 23.2 Å². The van der Waals surface area contributed by atoms with E-state index in [0.717, 1.165) is 34.5 Å². The molecule has 0 aliphatic carbocycles. The number of halogens is 1. The first-order valence-corrected chi connectivity index (χ1v) is 10.6. The van der Waals surface area contributed by atoms with Crippen LogP contribution in [0.25, 0.3) is 11.1 Å². The number of aryl methyl sites for hydroxylation is 1. The molecule has 0 unspecified atom stereocenters. The third kappa shape index (κ3) is 5.06. The molecule has 1 heterocycles. The van der Waals surface area contributed by atoms with Crippen molar-refractivity contribution in [3.05, 3.63) is 76.6 Å². The lowest BCUT2D eigenvalue weighted by molar-refractivity contribution is 0.0941. The second kappa shape index (κ2) is 9.40. The van der Waals surface area contributed by atoms with E-state index in [4.69, 9.17) is 11.6 Å². The highest BCUT2D eigenvalue weighted by Crippen LogP contribution is 2.31. The second-order valence-electron chi connectivity index (χ2n) is 8.33. The van der Waals surface area contributed by atoms with Gasteiger partial charge in [-0.15, -0.1) is 0 Å². The molecule has 1 N–H and O–H groups in total. The molecule has 0 saturated carbocycles. The lowest BCUT2D eigenvalue weighted by Gasteiger charge is -2.15. The zero-order chi connectivity index (χ0) is 21.8. The van der Waals surface area contributed by atoms with Crippen LogP contribution in [0.3, 0.4) is 0 Å². The molecule has 3 rings (SSSR count). The smallest absolute Gasteiger partial charge is 0.268 e. The van der Waals surface area contributed by atoms with Gasteiger partial charge < -0.3 is 14.8 Å². The van der Waals surface area contributed by atoms with Crippen molar-refractivity contribution in [1.29, 1.82) is 0 Å². The van der Waals surface area contributed by atoms with Gasteiger partial charge in [0.15, 0.2) is 0 Å². The van der Waals surface area contributed by atoms with E-state index < -0.39 is 0 Å². The van der Waals surface area contributed by atoms with Crippen molar-refractivity contribution in [2.24, 2.45) is 5.92 Å². The summed E-state index contributed by atoms with van der Waals surface area (Å²) in [6, 6.07) is 15.9. The molecule has 158 valence electrons. The number of carbonyl (C=O) groups is 1. The molecule has 4 nitrogen and oxygen atoms in total. The fourth-order valence-corrected chi connectivity index (χ4v) is 3.76. The number of amides is 1. The van der Waals surface area contributed by atoms with Crippen molar-refractivity contribution in [3.63, 3.8) is 0 Å². The van der Waals surface area contributed by atoms with Crippen LogP contribution in [0.5, 0.6) is 0 Å². The van der Waals surface area contributed by atoms with Gasteiger partial charge in [0.25, 0.3) is 5.91 Å². The highest BCUT2D eigenvalue weighted by molar-refractivity contribution is 6.30. The van der Waals surface area contributed by atoms with Gasteiger partial charge in [-0.1, -0.05) is 49.7 Å². The highest BCUT2D eigenvalue weighted by atomic mass is 35.5. The Morgan fingerprint density at radius 1 is 1.07 bits per heavy atom. The Labute approximate surface area is 184 Å². The van der Waals surface area contributed by atoms with Gasteiger partial charge in [-0.2, -0.15) is 0 Å². The minimum atomic E-state index is -0.0645. The molecule has 30 heavy (non-hydrogen) atoms. The number of nitrogens with zero attached hydrogens (tertiary/aromatic N) is 2. The van der Waals surface area contributed by atoms with Gasteiger partial charge in [0.1, 0.15) is 5.69 Å². The minimum absolute atomic E-state index is 0.0645. The molecule has 5 heteroatoms. The zero-order valence-corrected chi connectivity index (χ0v) is 19.1. The topological polar surface area (TPSA) is 37.3 Å². The van der Waals surface area contributed by atoms with E-state index in [1.54, 1.807) is 0 Å². The number of rotatable bonds is 7. The minimum Gasteiger partial charge on any atom is -0.378 e. The molecule has 0 spiro atoms. The van der Waals surface area contributed by atoms with Crippen LogP contribution < -0.4 is 10.2 Å². The summed E-state index contributed by atoms with van der Waals surface area (Å²) in [5, 5.41) is 3.80. The summed E-state index contributed by atoms with van der Waals surface area (Å²) in [6.45, 7) is 7.64. The highest BCUT2D eigenvalue weighted by Gasteiger charge is 2.21. The first kappa shape index (κ1) is 22.0. The number of anilines is 1. The number of hydrogen-bond acceptors (Lipinski definition) is 2. The fourth-order valence-electron chi connectivity index (χ4n) is 3.63. The van der Waals surface area contributed by atoms with Crippen LogP contribution in [0.1, 0.15) is 35.5 Å². The van der Waals surface area contributed by atoms with Crippen LogP contribution in [-0.4, -0.2) is 24.6 Å². The summed E-state index contributed by atoms with van der Waals surface area (Å²) in [6.07, 6.45) is 2.07. The summed E-state index contributed by atoms with van der Waals surface area (Å²) >= 11 is 6.08. The Kier molecular flexibility index (Phi) is 6.88. The molecule has 0 radical (unpaired) electrons. The van der Waals surface area contributed by atoms with Gasteiger partial charge in [0.2, 0.25) is 0 Å². The molecule has 0 fully saturated rings. The molecule has 0 aliphatic rings. The van der Waals surface area contributed by atoms with E-state index in [1.807, 2.05) is 50.5 Å². The van der Waals surface area contributed by atoms with Crippen molar-refractivity contribution in [1.82, 2.24) is 9.88 Å². The van der Waals surface area contributed by atoms with Gasteiger partial charge in [-0.3, -0.25) is 4.79 Å². The monoisotopic (exact) mass is 423 g/mol. The van der Waals surface area contributed by atoms with Crippen LogP contribution in [0.15, 0.2) is 54.7 Å². The van der Waals surface area contributed by atoms with Crippen LogP contribution in [0.4, 0.5) is 5.69 Å². The van der Waals surface area contributed by atoms with Gasteiger partial charge in [0.05, 0.1) is 0 Å². The van der Waals surface area contributed by atoms with Crippen LogP contribution in [0.2, 0.25) is 5.02 Å². The van der Waals surface area contributed by atoms with Gasteiger partial charge in [0, 0.05) is 49.7 Å². The maximum atomic E-state index is 13.3. The first-order valence-electron chi connectivity index (χ1n) is 10.3. The SMILES string of the molecule is Cc1cn(CC(C)C)c(C(=O)NCc2ccc(N(C)C)cc2)c1-c1ccc(Cl)cc1. The number of carbonyl (C=O) groups excluding carboxylic acids is 1. The van der Waals surface area contributed by atoms with Crippen LogP contribution in [-0.2, 0) is 13.1 Å². The summed E-state index contributed by atoms with van der Waals surface area (Å²) in [5.74, 6) is 0.366. The molecule has 2 aromatic carbocycles. The maximum Gasteiger partial charge on any atom is 0.268 e. The third-order valence-electron chi connectivity index (χ3n) is 5.08. The number of aromatic nitrogens is 1. The Morgan fingerprint density at radius 3 is 2.27 bits per heavy atom. The van der Waals surface area contributed by atoms with Crippen molar-refractivity contribution in [3.8, 4) is 11.1 Å². The van der Waals surface area contributed by atoms with E-state index in [9.17, 15) is 4.79 Å². The quantitative estimate of drug-likeness (QED) is 0.523. The third-order valence-corrected chi connectivity index (χ3v) is 5.34. The molecular formula is C25H30ClN3O. The van der Waals surface area contributed by atoms with Crippen molar-refractivity contribution < 1.29 is 4.79 Å². The molecule has 0 atom stereocenters. The molecule has 1 amide bonds. The lowest BCUT2D eigenvalue weighted by Crippen LogP contribution is -2.26. The summed E-state index contributed by atoms with van der Waals surface area (Å²) in [7, 11) is 4.03. The summed E-state index contributed by atoms with van der Waals surface area (Å²) < 4.78 is 2.08. The van der Waals surface area contributed by atoms with Gasteiger partial charge in [-0.05, 0) is 53.8 Å². The first-order chi connectivity index (χ1) is 14.3. The van der Waals surface area contributed by atoms with Crippen LogP contribution >= 0.6 is 11.6 Å². The van der Waals surface area contributed by atoms with Gasteiger partial charge >= 0.3 is 0 Å². The fraction of sp³-hybridized carbons (Fsp3) is 0.320. The average molecular weight is 424 g/mol. The van der Waals surface area contributed by atoms with Crippen molar-refractivity contribution in [2.45, 2.75) is 33.9 Å². The van der Waals surface area contributed by atoms with Gasteiger partial charge in [-0.25, -0.2) is 0 Å². The molecule has 1 aromatic heterocycles. The van der Waals surface area contributed by atoms with Crippen molar-refractivity contribution >= 4 is 23.2 Å². The molecule has 3 aromatic rings. The second-order valence-corrected chi connectivity index (χ2v) is 8.77. The summed E-state index contributed by atoms with van der Waals surface area (Å²) in [5.41, 5.74) is 5.96. The Morgan fingerprint density at radius 2 is 1.70 bits per heavy atom. The molecular weight excluding hydrogens is 394 g/mol. The number of benzene rings is 2. The van der Waals surface area contributed by atoms with Crippen LogP contribution in [0, 0.1) is 12.8 Å². The Balaban J connectivity index is 1.89. The average Bonchev–Trinajstić information content (AvgIpc) is 3.02. The Bertz CT molecular complexity index is 1000. The largest absolute Gasteiger partial charge is 0.378 e. The standard InChI is InChI=1S/C25H30ClN3O/c1-17(2)15-29-16-18(3)23(20-8-10-21(26)11-9-20)24(29)25(30)27-14-19-6-12-22(13-7-19)28(4)5/h6-13,16-17H,14-15H2,1-5H3,(H,27,30). The van der Waals surface area contributed by atoms with E-state index in [1.165, 1.54) is 0 Å². The Hall–Kier alpha value is -2.72. The number of hydrogen-bond donors (Lipinski definition) is 1. The normalized spacial score (nSPS) is 11.0. The molecule has 0 saturated heterocycles. The van der Waals surface area contributed by atoms with E-state index in [-0.39, 0.29) is 5.91 Å². The predicted molar refractivity (Wildman–Crippen MR) is 126 cm³/mol. The van der Waals surface area contributed by atoms with E-state index >= 15 is 0 Å². The van der Waals surface area contributed by atoms with Crippen molar-refractivity contribution in [2.75, 3.05) is 19.0 Å². The predicted octanol–water partition coefficient (Wildman–Crippen LogP) is 5.77. The summed E-state index contributed by atoms with van der Waals surface area (Å²) in [4.78, 5) is 15.4. The van der Waals surface area contributed by atoms with E-state index in [2.05, 4.69) is 53.9 Å². The lowest BCUT2D eigenvalue weighted by atomic mass is 10.0. The molecule has 0 aliphatic heterocycles. The number of nitrogens with one attached hydrogen (secondary N) is 1. The maximum absolute atomic E-state index is 13.3. The molecule has 0 bridgehead atoms.